The van der Waals surface area contributed by atoms with Crippen molar-refractivity contribution in [3.8, 4) is 11.1 Å². The van der Waals surface area contributed by atoms with Crippen LogP contribution in [0.15, 0.2) is 48.8 Å². The van der Waals surface area contributed by atoms with Crippen LogP contribution in [0.3, 0.4) is 0 Å². The van der Waals surface area contributed by atoms with Crippen molar-refractivity contribution in [3.05, 3.63) is 54.4 Å². The number of anilines is 1. The number of hydrogen-bond acceptors (Lipinski definition) is 3. The summed E-state index contributed by atoms with van der Waals surface area (Å²) in [5.74, 6) is 0.523. The summed E-state index contributed by atoms with van der Waals surface area (Å²) in [5, 5.41) is 0.900. The van der Waals surface area contributed by atoms with Crippen LogP contribution in [-0.2, 0) is 0 Å². The van der Waals surface area contributed by atoms with Crippen LogP contribution in [0, 0.1) is 6.92 Å². The predicted molar refractivity (Wildman–Crippen MR) is 74.1 cm³/mol. The molecule has 0 radical (unpaired) electrons. The lowest BCUT2D eigenvalue weighted by atomic mass is 10.0. The van der Waals surface area contributed by atoms with E-state index >= 15 is 0 Å². The van der Waals surface area contributed by atoms with Crippen molar-refractivity contribution in [1.82, 2.24) is 9.97 Å². The summed E-state index contributed by atoms with van der Waals surface area (Å²) in [6.07, 6.45) is 1.51. The van der Waals surface area contributed by atoms with E-state index in [2.05, 4.69) is 41.2 Å². The second-order valence-electron chi connectivity index (χ2n) is 4.33. The van der Waals surface area contributed by atoms with Crippen LogP contribution in [0.25, 0.3) is 22.0 Å². The number of nitrogens with zero attached hydrogens (tertiary/aromatic N) is 2. The highest BCUT2D eigenvalue weighted by molar-refractivity contribution is 5.98. The van der Waals surface area contributed by atoms with Crippen LogP contribution in [0.5, 0.6) is 0 Å². The van der Waals surface area contributed by atoms with E-state index in [4.69, 9.17) is 5.73 Å². The van der Waals surface area contributed by atoms with E-state index in [-0.39, 0.29) is 0 Å². The van der Waals surface area contributed by atoms with Crippen molar-refractivity contribution in [2.45, 2.75) is 6.92 Å². The molecule has 0 fully saturated rings. The van der Waals surface area contributed by atoms with E-state index in [0.29, 0.717) is 5.82 Å². The molecule has 0 bridgehead atoms. The Kier molecular flexibility index (Phi) is 2.45. The van der Waals surface area contributed by atoms with Crippen LogP contribution in [-0.4, -0.2) is 9.97 Å². The second-order valence-corrected chi connectivity index (χ2v) is 4.33. The molecule has 0 aliphatic rings. The van der Waals surface area contributed by atoms with Gasteiger partial charge < -0.3 is 5.73 Å². The van der Waals surface area contributed by atoms with Gasteiger partial charge >= 0.3 is 0 Å². The zero-order chi connectivity index (χ0) is 12.5. The van der Waals surface area contributed by atoms with Crippen LogP contribution < -0.4 is 5.73 Å². The lowest BCUT2D eigenvalue weighted by Crippen LogP contribution is -1.94. The fraction of sp³-hybridized carbons (Fsp3) is 0.0667. The Bertz CT molecular complexity index is 720. The number of nitrogens with two attached hydrogens (primary N) is 1. The summed E-state index contributed by atoms with van der Waals surface area (Å²) in [7, 11) is 0. The quantitative estimate of drug-likeness (QED) is 0.704. The monoisotopic (exact) mass is 235 g/mol. The molecule has 1 aromatic heterocycles. The van der Waals surface area contributed by atoms with Gasteiger partial charge in [0, 0.05) is 10.9 Å². The summed E-state index contributed by atoms with van der Waals surface area (Å²) in [6.45, 7) is 2.08. The van der Waals surface area contributed by atoms with E-state index in [1.807, 2.05) is 18.2 Å². The number of fused-ring (bicyclic) bond motifs is 1. The van der Waals surface area contributed by atoms with Crippen molar-refractivity contribution >= 4 is 16.7 Å². The van der Waals surface area contributed by atoms with Gasteiger partial charge in [-0.05, 0) is 18.6 Å². The van der Waals surface area contributed by atoms with Gasteiger partial charge in [-0.2, -0.15) is 0 Å². The molecule has 3 aromatic rings. The third-order valence-electron chi connectivity index (χ3n) is 3.02. The number of rotatable bonds is 1. The smallest absolute Gasteiger partial charge is 0.134 e. The van der Waals surface area contributed by atoms with Gasteiger partial charge in [0.1, 0.15) is 12.1 Å². The SMILES string of the molecule is Cc1cccc(-c2cccc3c(N)ncnc23)c1. The van der Waals surface area contributed by atoms with Gasteiger partial charge in [0.25, 0.3) is 0 Å². The number of aryl methyl sites for hydroxylation is 1. The average molecular weight is 235 g/mol. The third-order valence-corrected chi connectivity index (χ3v) is 3.02. The molecule has 18 heavy (non-hydrogen) atoms. The fourth-order valence-corrected chi connectivity index (χ4v) is 2.15. The molecule has 0 atom stereocenters. The Hall–Kier alpha value is -2.42. The normalized spacial score (nSPS) is 10.7. The van der Waals surface area contributed by atoms with Gasteiger partial charge in [0.15, 0.2) is 0 Å². The van der Waals surface area contributed by atoms with Gasteiger partial charge in [-0.25, -0.2) is 9.97 Å². The predicted octanol–water partition coefficient (Wildman–Crippen LogP) is 3.19. The maximum absolute atomic E-state index is 5.88. The van der Waals surface area contributed by atoms with Crippen molar-refractivity contribution in [2.24, 2.45) is 0 Å². The molecule has 88 valence electrons. The molecule has 0 unspecified atom stereocenters. The lowest BCUT2D eigenvalue weighted by Gasteiger charge is -2.07. The summed E-state index contributed by atoms with van der Waals surface area (Å²) in [6, 6.07) is 14.4. The molecule has 0 saturated carbocycles. The first-order chi connectivity index (χ1) is 8.75. The molecule has 0 aliphatic carbocycles. The molecular weight excluding hydrogens is 222 g/mol. The first-order valence-corrected chi connectivity index (χ1v) is 5.82. The summed E-state index contributed by atoms with van der Waals surface area (Å²) in [5.41, 5.74) is 10.2. The Morgan fingerprint density at radius 3 is 2.67 bits per heavy atom. The van der Waals surface area contributed by atoms with Gasteiger partial charge in [-0.15, -0.1) is 0 Å². The minimum atomic E-state index is 0.523. The molecule has 1 heterocycles. The standard InChI is InChI=1S/C15H13N3/c1-10-4-2-5-11(8-10)12-6-3-7-13-14(12)17-9-18-15(13)16/h2-9H,1H3,(H2,16,17,18). The highest BCUT2D eigenvalue weighted by atomic mass is 14.9. The van der Waals surface area contributed by atoms with Gasteiger partial charge in [-0.3, -0.25) is 0 Å². The summed E-state index contributed by atoms with van der Waals surface area (Å²) in [4.78, 5) is 8.38. The van der Waals surface area contributed by atoms with E-state index < -0.39 is 0 Å². The minimum absolute atomic E-state index is 0.523. The molecule has 0 aliphatic heterocycles. The number of benzene rings is 2. The third kappa shape index (κ3) is 1.70. The molecule has 0 spiro atoms. The fourth-order valence-electron chi connectivity index (χ4n) is 2.15. The van der Waals surface area contributed by atoms with E-state index in [1.165, 1.54) is 11.9 Å². The van der Waals surface area contributed by atoms with Crippen molar-refractivity contribution < 1.29 is 0 Å². The lowest BCUT2D eigenvalue weighted by molar-refractivity contribution is 1.23. The molecule has 2 aromatic carbocycles. The first kappa shape index (κ1) is 10.7. The number of hydrogen-bond donors (Lipinski definition) is 1. The highest BCUT2D eigenvalue weighted by Crippen LogP contribution is 2.29. The molecule has 2 N–H and O–H groups in total. The van der Waals surface area contributed by atoms with Gasteiger partial charge in [-0.1, -0.05) is 42.0 Å². The largest absolute Gasteiger partial charge is 0.383 e. The van der Waals surface area contributed by atoms with Crippen molar-refractivity contribution in [2.75, 3.05) is 5.73 Å². The minimum Gasteiger partial charge on any atom is -0.383 e. The van der Waals surface area contributed by atoms with Crippen molar-refractivity contribution in [3.63, 3.8) is 0 Å². The molecular formula is C15H13N3. The number of nitrogen functional groups attached to an aromatic ring is 1. The Balaban J connectivity index is 2.33. The van der Waals surface area contributed by atoms with Crippen LogP contribution >= 0.6 is 0 Å². The number of aromatic nitrogens is 2. The Morgan fingerprint density at radius 1 is 1.00 bits per heavy atom. The van der Waals surface area contributed by atoms with E-state index in [0.717, 1.165) is 22.0 Å². The Labute approximate surface area is 105 Å². The zero-order valence-corrected chi connectivity index (χ0v) is 10.1. The van der Waals surface area contributed by atoms with Crippen LogP contribution in [0.2, 0.25) is 0 Å². The second kappa shape index (κ2) is 4.11. The van der Waals surface area contributed by atoms with Gasteiger partial charge in [0.05, 0.1) is 5.52 Å². The first-order valence-electron chi connectivity index (χ1n) is 5.82. The van der Waals surface area contributed by atoms with Crippen LogP contribution in [0.4, 0.5) is 5.82 Å². The summed E-state index contributed by atoms with van der Waals surface area (Å²) < 4.78 is 0. The van der Waals surface area contributed by atoms with Gasteiger partial charge in [0.2, 0.25) is 0 Å². The molecule has 3 rings (SSSR count). The average Bonchev–Trinajstić information content (AvgIpc) is 2.39. The molecule has 0 amide bonds. The van der Waals surface area contributed by atoms with E-state index in [1.54, 1.807) is 0 Å². The summed E-state index contributed by atoms with van der Waals surface area (Å²) >= 11 is 0. The topological polar surface area (TPSA) is 51.8 Å². The molecule has 0 saturated heterocycles. The molecule has 3 heteroatoms. The van der Waals surface area contributed by atoms with Crippen molar-refractivity contribution in [1.29, 1.82) is 0 Å². The maximum Gasteiger partial charge on any atom is 0.134 e. The Morgan fingerprint density at radius 2 is 1.83 bits per heavy atom. The van der Waals surface area contributed by atoms with E-state index in [9.17, 15) is 0 Å². The molecule has 3 nitrogen and oxygen atoms in total. The maximum atomic E-state index is 5.88. The highest BCUT2D eigenvalue weighted by Gasteiger charge is 2.07. The van der Waals surface area contributed by atoms with Crippen LogP contribution in [0.1, 0.15) is 5.56 Å². The zero-order valence-electron chi connectivity index (χ0n) is 10.1. The number of para-hydroxylation sites is 1.